The maximum Gasteiger partial charge on any atom is 0.263 e. The third kappa shape index (κ3) is 3.73. The van der Waals surface area contributed by atoms with Gasteiger partial charge in [0.2, 0.25) is 0 Å². The molecule has 0 radical (unpaired) electrons. The van der Waals surface area contributed by atoms with Gasteiger partial charge in [-0.2, -0.15) is 0 Å². The lowest BCUT2D eigenvalue weighted by atomic mass is 10.2. The summed E-state index contributed by atoms with van der Waals surface area (Å²) in [6.45, 7) is 0. The van der Waals surface area contributed by atoms with Crippen molar-refractivity contribution in [2.24, 2.45) is 0 Å². The summed E-state index contributed by atoms with van der Waals surface area (Å²) in [5.74, 6) is -0.138. The van der Waals surface area contributed by atoms with Crippen LogP contribution in [0.3, 0.4) is 0 Å². The van der Waals surface area contributed by atoms with Crippen LogP contribution in [0, 0.1) is 0 Å². The van der Waals surface area contributed by atoms with Crippen LogP contribution >= 0.6 is 47.3 Å². The molecule has 1 heterocycles. The Balaban J connectivity index is 1.90. The quantitative estimate of drug-likeness (QED) is 0.615. The van der Waals surface area contributed by atoms with Crippen molar-refractivity contribution in [2.45, 2.75) is 9.79 Å². The first-order chi connectivity index (χ1) is 10.6. The van der Waals surface area contributed by atoms with Crippen LogP contribution in [0.2, 0.25) is 5.02 Å². The number of nitrogens with one attached hydrogen (secondary N) is 1. The van der Waals surface area contributed by atoms with Crippen molar-refractivity contribution in [1.29, 1.82) is 0 Å². The Labute approximate surface area is 147 Å². The lowest BCUT2D eigenvalue weighted by molar-refractivity contribution is -0.115. The van der Waals surface area contributed by atoms with Crippen molar-refractivity contribution in [1.82, 2.24) is 5.32 Å². The van der Waals surface area contributed by atoms with E-state index >= 15 is 0 Å². The van der Waals surface area contributed by atoms with E-state index in [9.17, 15) is 4.79 Å². The molecule has 2 nitrogen and oxygen atoms in total. The van der Waals surface area contributed by atoms with Crippen LogP contribution in [-0.2, 0) is 4.79 Å². The minimum atomic E-state index is -0.138. The first-order valence-corrected chi connectivity index (χ1v) is 8.81. The average Bonchev–Trinajstić information content (AvgIpc) is 2.81. The molecular formula is C16H10ClNOS3. The number of carbonyl (C=O) groups is 1. The second kappa shape index (κ2) is 6.87. The van der Waals surface area contributed by atoms with Crippen LogP contribution in [0.4, 0.5) is 0 Å². The lowest BCUT2D eigenvalue weighted by Gasteiger charge is -2.06. The zero-order valence-corrected chi connectivity index (χ0v) is 14.4. The summed E-state index contributed by atoms with van der Waals surface area (Å²) in [4.78, 5) is 14.6. The van der Waals surface area contributed by atoms with Crippen LogP contribution < -0.4 is 5.32 Å². The summed E-state index contributed by atoms with van der Waals surface area (Å²) < 4.78 is 0.499. The molecule has 1 fully saturated rings. The molecule has 2 aromatic carbocycles. The van der Waals surface area contributed by atoms with E-state index in [4.69, 9.17) is 23.8 Å². The Bertz CT molecular complexity index is 771. The van der Waals surface area contributed by atoms with Gasteiger partial charge in [-0.25, -0.2) is 0 Å². The van der Waals surface area contributed by atoms with Crippen molar-refractivity contribution in [2.75, 3.05) is 0 Å². The Kier molecular flexibility index (Phi) is 4.88. The second-order valence-electron chi connectivity index (χ2n) is 4.45. The van der Waals surface area contributed by atoms with Crippen LogP contribution in [0.1, 0.15) is 5.56 Å². The predicted molar refractivity (Wildman–Crippen MR) is 98.3 cm³/mol. The zero-order chi connectivity index (χ0) is 15.5. The minimum Gasteiger partial charge on any atom is -0.307 e. The highest BCUT2D eigenvalue weighted by atomic mass is 35.5. The van der Waals surface area contributed by atoms with Crippen molar-refractivity contribution in [3.63, 3.8) is 0 Å². The van der Waals surface area contributed by atoms with E-state index in [0.717, 1.165) is 15.4 Å². The Morgan fingerprint density at radius 2 is 1.86 bits per heavy atom. The maximum atomic E-state index is 11.8. The van der Waals surface area contributed by atoms with Crippen molar-refractivity contribution in [3.05, 3.63) is 64.0 Å². The molecule has 0 bridgehead atoms. The molecule has 3 rings (SSSR count). The summed E-state index contributed by atoms with van der Waals surface area (Å²) >= 11 is 13.8. The molecule has 1 aliphatic heterocycles. The van der Waals surface area contributed by atoms with Gasteiger partial charge in [0.25, 0.3) is 5.91 Å². The number of halogens is 1. The monoisotopic (exact) mass is 363 g/mol. The highest BCUT2D eigenvalue weighted by molar-refractivity contribution is 8.26. The van der Waals surface area contributed by atoms with Gasteiger partial charge in [0.15, 0.2) is 0 Å². The van der Waals surface area contributed by atoms with Gasteiger partial charge < -0.3 is 5.32 Å². The molecule has 1 N–H and O–H groups in total. The van der Waals surface area contributed by atoms with Crippen LogP contribution in [-0.4, -0.2) is 10.2 Å². The summed E-state index contributed by atoms with van der Waals surface area (Å²) in [5, 5.41) is 3.34. The molecule has 110 valence electrons. The first kappa shape index (κ1) is 15.6. The molecule has 1 aliphatic rings. The average molecular weight is 364 g/mol. The SMILES string of the molecule is O=C1NC(=S)SC1=Cc1ccccc1Sc1ccc(Cl)cc1. The number of benzene rings is 2. The number of thiocarbonyl (C=S) groups is 1. The van der Waals surface area contributed by atoms with Crippen LogP contribution in [0.25, 0.3) is 6.08 Å². The van der Waals surface area contributed by atoms with Crippen LogP contribution in [0.5, 0.6) is 0 Å². The number of rotatable bonds is 3. The van der Waals surface area contributed by atoms with E-state index in [1.807, 2.05) is 54.6 Å². The van der Waals surface area contributed by atoms with Gasteiger partial charge in [-0.15, -0.1) is 0 Å². The van der Waals surface area contributed by atoms with Gasteiger partial charge in [-0.05, 0) is 42.0 Å². The number of hydrogen-bond acceptors (Lipinski definition) is 4. The lowest BCUT2D eigenvalue weighted by Crippen LogP contribution is -2.17. The molecule has 0 saturated carbocycles. The highest BCUT2D eigenvalue weighted by Gasteiger charge is 2.22. The molecule has 0 unspecified atom stereocenters. The molecule has 2 aromatic rings. The Morgan fingerprint density at radius 1 is 1.14 bits per heavy atom. The van der Waals surface area contributed by atoms with Crippen molar-refractivity contribution in [3.8, 4) is 0 Å². The molecule has 0 aliphatic carbocycles. The molecular weight excluding hydrogens is 354 g/mol. The first-order valence-electron chi connectivity index (χ1n) is 6.39. The van der Waals surface area contributed by atoms with Crippen molar-refractivity contribution >= 4 is 63.6 Å². The summed E-state index contributed by atoms with van der Waals surface area (Å²) in [6, 6.07) is 15.6. The molecule has 0 spiro atoms. The maximum absolute atomic E-state index is 11.8. The van der Waals surface area contributed by atoms with Gasteiger partial charge in [-0.3, -0.25) is 4.79 Å². The molecule has 1 amide bonds. The zero-order valence-electron chi connectivity index (χ0n) is 11.2. The number of amides is 1. The van der Waals surface area contributed by atoms with E-state index < -0.39 is 0 Å². The predicted octanol–water partition coefficient (Wildman–Crippen LogP) is 4.98. The van der Waals surface area contributed by atoms with E-state index in [0.29, 0.717) is 14.2 Å². The van der Waals surface area contributed by atoms with Gasteiger partial charge >= 0.3 is 0 Å². The van der Waals surface area contributed by atoms with E-state index in [2.05, 4.69) is 5.32 Å². The number of thioether (sulfide) groups is 1. The molecule has 22 heavy (non-hydrogen) atoms. The summed E-state index contributed by atoms with van der Waals surface area (Å²) in [6.07, 6.45) is 1.87. The largest absolute Gasteiger partial charge is 0.307 e. The third-order valence-corrected chi connectivity index (χ3v) is 5.40. The van der Waals surface area contributed by atoms with E-state index in [1.165, 1.54) is 11.8 Å². The van der Waals surface area contributed by atoms with E-state index in [1.54, 1.807) is 11.8 Å². The normalized spacial score (nSPS) is 16.1. The fourth-order valence-electron chi connectivity index (χ4n) is 1.88. The standard InChI is InChI=1S/C16H10ClNOS3/c17-11-5-7-12(8-6-11)21-13-4-2-1-3-10(13)9-14-15(19)18-16(20)22-14/h1-9H,(H,18,19,20). The molecule has 6 heteroatoms. The topological polar surface area (TPSA) is 29.1 Å². The van der Waals surface area contributed by atoms with Gasteiger partial charge in [0, 0.05) is 14.8 Å². The number of carbonyl (C=O) groups excluding carboxylic acids is 1. The van der Waals surface area contributed by atoms with Gasteiger partial charge in [0.05, 0.1) is 4.91 Å². The Morgan fingerprint density at radius 3 is 2.55 bits per heavy atom. The molecule has 1 saturated heterocycles. The van der Waals surface area contributed by atoms with Gasteiger partial charge in [0.1, 0.15) is 4.32 Å². The minimum absolute atomic E-state index is 0.138. The van der Waals surface area contributed by atoms with Crippen molar-refractivity contribution < 1.29 is 4.79 Å². The summed E-state index contributed by atoms with van der Waals surface area (Å²) in [7, 11) is 0. The van der Waals surface area contributed by atoms with Gasteiger partial charge in [-0.1, -0.05) is 65.5 Å². The second-order valence-corrected chi connectivity index (χ2v) is 7.72. The smallest absolute Gasteiger partial charge is 0.263 e. The number of hydrogen-bond donors (Lipinski definition) is 1. The van der Waals surface area contributed by atoms with E-state index in [-0.39, 0.29) is 5.91 Å². The highest BCUT2D eigenvalue weighted by Crippen LogP contribution is 2.34. The summed E-state index contributed by atoms with van der Waals surface area (Å²) in [5.41, 5.74) is 0.991. The Hall–Kier alpha value is -1.27. The fraction of sp³-hybridized carbons (Fsp3) is 0. The third-order valence-electron chi connectivity index (χ3n) is 2.89. The van der Waals surface area contributed by atoms with Crippen LogP contribution in [0.15, 0.2) is 63.2 Å². The molecule has 0 atom stereocenters. The molecule has 0 aromatic heterocycles. The fourth-order valence-corrected chi connectivity index (χ4v) is 3.96.